The molecule has 1 saturated heterocycles. The molecular weight excluding hydrogens is 396 g/mol. The predicted octanol–water partition coefficient (Wildman–Crippen LogP) is 4.73. The number of thiophene rings is 1. The highest BCUT2D eigenvalue weighted by Gasteiger charge is 2.25. The van der Waals surface area contributed by atoms with Gasteiger partial charge in [-0.1, -0.05) is 33.6 Å². The summed E-state index contributed by atoms with van der Waals surface area (Å²) in [4.78, 5) is 16.2. The van der Waals surface area contributed by atoms with Gasteiger partial charge in [0.15, 0.2) is 0 Å². The molecule has 1 unspecified atom stereocenters. The number of carbonyl (C=O) groups is 1. The maximum atomic E-state index is 12.5. The zero-order chi connectivity index (χ0) is 16.2. The molecule has 23 heavy (non-hydrogen) atoms. The standard InChI is InChI=1S/C17H18BrClN2OS/c18-12-5-6-14(19)13(10-12)17(22)20-11-15(16-4-3-9-23-16)21-7-1-2-8-21/h3-6,9-10,15H,1-2,7-8,11H2,(H,20,22). The van der Waals surface area contributed by atoms with Crippen molar-refractivity contribution in [2.24, 2.45) is 0 Å². The van der Waals surface area contributed by atoms with Crippen LogP contribution in [0.3, 0.4) is 0 Å². The topological polar surface area (TPSA) is 32.3 Å². The Bertz CT molecular complexity index is 671. The minimum absolute atomic E-state index is 0.128. The number of halogens is 2. The number of nitrogens with zero attached hydrogens (tertiary/aromatic N) is 1. The van der Waals surface area contributed by atoms with Crippen molar-refractivity contribution in [3.63, 3.8) is 0 Å². The summed E-state index contributed by atoms with van der Waals surface area (Å²) in [6.45, 7) is 2.79. The molecule has 2 heterocycles. The largest absolute Gasteiger partial charge is 0.350 e. The van der Waals surface area contributed by atoms with Crippen LogP contribution in [0.1, 0.15) is 34.1 Å². The Hall–Kier alpha value is -0.880. The van der Waals surface area contributed by atoms with E-state index in [9.17, 15) is 4.79 Å². The Morgan fingerprint density at radius 1 is 1.35 bits per heavy atom. The van der Waals surface area contributed by atoms with Crippen LogP contribution in [0.4, 0.5) is 0 Å². The van der Waals surface area contributed by atoms with Gasteiger partial charge in [0.25, 0.3) is 5.91 Å². The van der Waals surface area contributed by atoms with Crippen molar-refractivity contribution in [3.8, 4) is 0 Å². The van der Waals surface area contributed by atoms with Crippen LogP contribution < -0.4 is 5.32 Å². The summed E-state index contributed by atoms with van der Waals surface area (Å²) in [5.41, 5.74) is 0.507. The molecule has 1 aromatic carbocycles. The Morgan fingerprint density at radius 2 is 2.13 bits per heavy atom. The van der Waals surface area contributed by atoms with E-state index in [4.69, 9.17) is 11.6 Å². The number of hydrogen-bond acceptors (Lipinski definition) is 3. The number of rotatable bonds is 5. The first kappa shape index (κ1) is 17.0. The lowest BCUT2D eigenvalue weighted by atomic mass is 10.1. The third-order valence-corrected chi connectivity index (χ3v) is 5.88. The Kier molecular flexibility index (Phi) is 5.75. The van der Waals surface area contributed by atoms with Crippen molar-refractivity contribution < 1.29 is 4.79 Å². The third-order valence-electron chi connectivity index (χ3n) is 4.08. The van der Waals surface area contributed by atoms with Crippen LogP contribution in [0.5, 0.6) is 0 Å². The molecule has 1 atom stereocenters. The summed E-state index contributed by atoms with van der Waals surface area (Å²) in [7, 11) is 0. The molecule has 2 aromatic rings. The fraction of sp³-hybridized carbons (Fsp3) is 0.353. The molecule has 122 valence electrons. The molecule has 0 bridgehead atoms. The van der Waals surface area contributed by atoms with E-state index < -0.39 is 0 Å². The third kappa shape index (κ3) is 4.15. The first-order valence-corrected chi connectivity index (χ1v) is 9.71. The number of benzene rings is 1. The van der Waals surface area contributed by atoms with Crippen molar-refractivity contribution in [1.29, 1.82) is 0 Å². The van der Waals surface area contributed by atoms with Gasteiger partial charge >= 0.3 is 0 Å². The minimum Gasteiger partial charge on any atom is -0.350 e. The quantitative estimate of drug-likeness (QED) is 0.768. The fourth-order valence-electron chi connectivity index (χ4n) is 2.90. The normalized spacial score (nSPS) is 16.4. The molecule has 1 aliphatic heterocycles. The van der Waals surface area contributed by atoms with E-state index >= 15 is 0 Å². The molecule has 6 heteroatoms. The van der Waals surface area contributed by atoms with Gasteiger partial charge in [-0.3, -0.25) is 9.69 Å². The van der Waals surface area contributed by atoms with Gasteiger partial charge in [0.05, 0.1) is 16.6 Å². The Balaban J connectivity index is 1.71. The molecule has 0 saturated carbocycles. The molecule has 3 nitrogen and oxygen atoms in total. The van der Waals surface area contributed by atoms with Gasteiger partial charge in [0.1, 0.15) is 0 Å². The molecule has 1 aliphatic rings. The van der Waals surface area contributed by atoms with Crippen LogP contribution in [0.2, 0.25) is 5.02 Å². The van der Waals surface area contributed by atoms with E-state index in [0.717, 1.165) is 17.6 Å². The molecular formula is C17H18BrClN2OS. The van der Waals surface area contributed by atoms with Crippen LogP contribution in [0.25, 0.3) is 0 Å². The van der Waals surface area contributed by atoms with Gasteiger partial charge in [-0.15, -0.1) is 11.3 Å². The van der Waals surface area contributed by atoms with E-state index in [1.54, 1.807) is 23.5 Å². The number of carbonyl (C=O) groups excluding carboxylic acids is 1. The van der Waals surface area contributed by atoms with Crippen LogP contribution in [-0.4, -0.2) is 30.4 Å². The molecule has 1 fully saturated rings. The van der Waals surface area contributed by atoms with Gasteiger partial charge in [-0.25, -0.2) is 0 Å². The maximum absolute atomic E-state index is 12.5. The monoisotopic (exact) mass is 412 g/mol. The van der Waals surface area contributed by atoms with Crippen LogP contribution in [0, 0.1) is 0 Å². The number of nitrogens with one attached hydrogen (secondary N) is 1. The summed E-state index contributed by atoms with van der Waals surface area (Å²) in [6.07, 6.45) is 2.46. The second-order valence-electron chi connectivity index (χ2n) is 5.61. The van der Waals surface area contributed by atoms with Crippen LogP contribution in [-0.2, 0) is 0 Å². The van der Waals surface area contributed by atoms with Crippen LogP contribution in [0.15, 0.2) is 40.2 Å². The second-order valence-corrected chi connectivity index (χ2v) is 7.91. The molecule has 0 aliphatic carbocycles. The molecule has 0 spiro atoms. The van der Waals surface area contributed by atoms with Gasteiger partial charge in [0, 0.05) is 15.9 Å². The Labute approximate surface area is 153 Å². The van der Waals surface area contributed by atoms with Gasteiger partial charge < -0.3 is 5.32 Å². The van der Waals surface area contributed by atoms with Gasteiger partial charge in [-0.05, 0) is 55.6 Å². The first-order chi connectivity index (χ1) is 11.1. The predicted molar refractivity (Wildman–Crippen MR) is 99.4 cm³/mol. The smallest absolute Gasteiger partial charge is 0.252 e. The number of hydrogen-bond donors (Lipinski definition) is 1. The maximum Gasteiger partial charge on any atom is 0.252 e. The summed E-state index contributed by atoms with van der Waals surface area (Å²) >= 11 is 11.3. The molecule has 1 aromatic heterocycles. The SMILES string of the molecule is O=C(NCC(c1cccs1)N1CCCC1)c1cc(Br)ccc1Cl. The van der Waals surface area contributed by atoms with Crippen molar-refractivity contribution in [1.82, 2.24) is 10.2 Å². The van der Waals surface area contributed by atoms with E-state index in [-0.39, 0.29) is 11.9 Å². The fourth-order valence-corrected chi connectivity index (χ4v) is 4.33. The zero-order valence-corrected chi connectivity index (χ0v) is 15.8. The average molecular weight is 414 g/mol. The lowest BCUT2D eigenvalue weighted by molar-refractivity contribution is 0.0938. The van der Waals surface area contributed by atoms with Crippen molar-refractivity contribution in [2.75, 3.05) is 19.6 Å². The minimum atomic E-state index is -0.128. The zero-order valence-electron chi connectivity index (χ0n) is 12.6. The Morgan fingerprint density at radius 3 is 2.83 bits per heavy atom. The molecule has 1 N–H and O–H groups in total. The summed E-state index contributed by atoms with van der Waals surface area (Å²) < 4.78 is 0.849. The van der Waals surface area contributed by atoms with E-state index in [1.165, 1.54) is 17.7 Å². The summed E-state index contributed by atoms with van der Waals surface area (Å²) in [5, 5.41) is 5.61. The number of likely N-dealkylation sites (tertiary alicyclic amines) is 1. The van der Waals surface area contributed by atoms with Gasteiger partial charge in [0.2, 0.25) is 0 Å². The lowest BCUT2D eigenvalue weighted by Gasteiger charge is -2.27. The highest BCUT2D eigenvalue weighted by molar-refractivity contribution is 9.10. The average Bonchev–Trinajstić information content (AvgIpc) is 3.23. The van der Waals surface area contributed by atoms with Crippen molar-refractivity contribution in [3.05, 3.63) is 55.6 Å². The van der Waals surface area contributed by atoms with E-state index in [1.807, 2.05) is 6.07 Å². The molecule has 1 amide bonds. The highest BCUT2D eigenvalue weighted by Crippen LogP contribution is 2.28. The molecule has 3 rings (SSSR count). The number of amides is 1. The summed E-state index contributed by atoms with van der Waals surface area (Å²) in [6, 6.07) is 9.78. The van der Waals surface area contributed by atoms with E-state index in [0.29, 0.717) is 17.1 Å². The second kappa shape index (κ2) is 7.79. The van der Waals surface area contributed by atoms with Gasteiger partial charge in [-0.2, -0.15) is 0 Å². The van der Waals surface area contributed by atoms with E-state index in [2.05, 4.69) is 43.7 Å². The summed E-state index contributed by atoms with van der Waals surface area (Å²) in [5.74, 6) is -0.128. The van der Waals surface area contributed by atoms with Crippen molar-refractivity contribution >= 4 is 44.8 Å². The first-order valence-electron chi connectivity index (χ1n) is 7.66. The van der Waals surface area contributed by atoms with Crippen LogP contribution >= 0.6 is 38.9 Å². The molecule has 0 radical (unpaired) electrons. The highest BCUT2D eigenvalue weighted by atomic mass is 79.9. The van der Waals surface area contributed by atoms with Crippen molar-refractivity contribution in [2.45, 2.75) is 18.9 Å². The lowest BCUT2D eigenvalue weighted by Crippen LogP contribution is -2.36.